The Kier molecular flexibility index (Phi) is 4.05. The summed E-state index contributed by atoms with van der Waals surface area (Å²) in [5, 5.41) is 16.3. The van der Waals surface area contributed by atoms with Gasteiger partial charge in [-0.15, -0.1) is 0 Å². The molecule has 0 amide bonds. The van der Waals surface area contributed by atoms with Gasteiger partial charge in [-0.3, -0.25) is 4.68 Å². The standard InChI is InChI=1S/C13H15N5/c1-11-8-17-18(10-11)5-4-15-9-12-2-3-16-13(6-12)7-14/h2-3,6,8,10,15H,4-5,9H2,1H3. The monoisotopic (exact) mass is 241 g/mol. The lowest BCUT2D eigenvalue weighted by Gasteiger charge is -2.05. The van der Waals surface area contributed by atoms with Crippen molar-refractivity contribution in [2.75, 3.05) is 6.54 Å². The van der Waals surface area contributed by atoms with E-state index in [0.717, 1.165) is 25.2 Å². The first-order valence-electron chi connectivity index (χ1n) is 5.83. The predicted octanol–water partition coefficient (Wildman–Crippen LogP) is 1.25. The molecule has 2 heterocycles. The topological polar surface area (TPSA) is 66.5 Å². The number of hydrogen-bond donors (Lipinski definition) is 1. The van der Waals surface area contributed by atoms with Crippen LogP contribution in [0.4, 0.5) is 0 Å². The SMILES string of the molecule is Cc1cnn(CCNCc2ccnc(C#N)c2)c1. The van der Waals surface area contributed by atoms with Crippen molar-refractivity contribution in [3.63, 3.8) is 0 Å². The van der Waals surface area contributed by atoms with Crippen LogP contribution in [-0.4, -0.2) is 21.3 Å². The van der Waals surface area contributed by atoms with Gasteiger partial charge in [0.15, 0.2) is 0 Å². The van der Waals surface area contributed by atoms with Crippen molar-refractivity contribution in [3.8, 4) is 6.07 Å². The molecule has 2 rings (SSSR count). The average Bonchev–Trinajstić information content (AvgIpc) is 2.81. The van der Waals surface area contributed by atoms with Crippen molar-refractivity contribution >= 4 is 0 Å². The zero-order valence-electron chi connectivity index (χ0n) is 10.3. The van der Waals surface area contributed by atoms with E-state index >= 15 is 0 Å². The molecule has 18 heavy (non-hydrogen) atoms. The first-order chi connectivity index (χ1) is 8.78. The van der Waals surface area contributed by atoms with E-state index in [2.05, 4.69) is 15.4 Å². The number of aromatic nitrogens is 3. The molecule has 0 fully saturated rings. The Morgan fingerprint density at radius 2 is 2.39 bits per heavy atom. The van der Waals surface area contributed by atoms with Crippen molar-refractivity contribution < 1.29 is 0 Å². The van der Waals surface area contributed by atoms with E-state index in [4.69, 9.17) is 5.26 Å². The highest BCUT2D eigenvalue weighted by Gasteiger charge is 1.97. The van der Waals surface area contributed by atoms with Crippen LogP contribution >= 0.6 is 0 Å². The lowest BCUT2D eigenvalue weighted by Crippen LogP contribution is -2.19. The number of hydrogen-bond acceptors (Lipinski definition) is 4. The number of pyridine rings is 1. The van der Waals surface area contributed by atoms with E-state index in [1.54, 1.807) is 12.3 Å². The van der Waals surface area contributed by atoms with Crippen LogP contribution in [-0.2, 0) is 13.1 Å². The first-order valence-corrected chi connectivity index (χ1v) is 5.83. The fourth-order valence-corrected chi connectivity index (χ4v) is 1.66. The Balaban J connectivity index is 1.77. The number of aryl methyl sites for hydroxylation is 1. The molecule has 2 aromatic rings. The van der Waals surface area contributed by atoms with Crippen LogP contribution < -0.4 is 5.32 Å². The summed E-state index contributed by atoms with van der Waals surface area (Å²) in [4.78, 5) is 3.93. The molecule has 2 aromatic heterocycles. The van der Waals surface area contributed by atoms with Gasteiger partial charge < -0.3 is 5.32 Å². The van der Waals surface area contributed by atoms with Gasteiger partial charge in [0.1, 0.15) is 11.8 Å². The molecule has 0 radical (unpaired) electrons. The highest BCUT2D eigenvalue weighted by molar-refractivity contribution is 5.25. The van der Waals surface area contributed by atoms with Gasteiger partial charge >= 0.3 is 0 Å². The third kappa shape index (κ3) is 3.40. The summed E-state index contributed by atoms with van der Waals surface area (Å²) >= 11 is 0. The molecule has 0 aliphatic rings. The number of nitrogens with zero attached hydrogens (tertiary/aromatic N) is 4. The summed E-state index contributed by atoms with van der Waals surface area (Å²) < 4.78 is 1.91. The summed E-state index contributed by atoms with van der Waals surface area (Å²) in [5.41, 5.74) is 2.69. The molecule has 5 nitrogen and oxygen atoms in total. The smallest absolute Gasteiger partial charge is 0.140 e. The molecular formula is C13H15N5. The summed E-state index contributed by atoms with van der Waals surface area (Å²) in [7, 11) is 0. The van der Waals surface area contributed by atoms with Gasteiger partial charge in [0.05, 0.1) is 12.7 Å². The maximum atomic E-state index is 8.74. The second kappa shape index (κ2) is 5.94. The quantitative estimate of drug-likeness (QED) is 0.800. The van der Waals surface area contributed by atoms with Gasteiger partial charge in [0, 0.05) is 25.5 Å². The van der Waals surface area contributed by atoms with E-state index in [1.807, 2.05) is 36.1 Å². The molecule has 0 spiro atoms. The maximum Gasteiger partial charge on any atom is 0.140 e. The van der Waals surface area contributed by atoms with Crippen molar-refractivity contribution in [2.24, 2.45) is 0 Å². The molecule has 92 valence electrons. The molecule has 5 heteroatoms. The molecule has 0 aliphatic carbocycles. The Labute approximate surface area is 106 Å². The highest BCUT2D eigenvalue weighted by Crippen LogP contribution is 2.00. The van der Waals surface area contributed by atoms with Gasteiger partial charge in [-0.2, -0.15) is 10.4 Å². The second-order valence-corrected chi connectivity index (χ2v) is 4.12. The molecule has 1 N–H and O–H groups in total. The minimum Gasteiger partial charge on any atom is -0.311 e. The third-order valence-electron chi connectivity index (χ3n) is 2.55. The summed E-state index contributed by atoms with van der Waals surface area (Å²) in [6, 6.07) is 5.74. The van der Waals surface area contributed by atoms with Gasteiger partial charge in [-0.1, -0.05) is 0 Å². The van der Waals surface area contributed by atoms with Crippen LogP contribution in [0.15, 0.2) is 30.7 Å². The minimum absolute atomic E-state index is 0.456. The molecule has 0 aromatic carbocycles. The Bertz CT molecular complexity index is 553. The zero-order chi connectivity index (χ0) is 12.8. The Morgan fingerprint density at radius 3 is 3.11 bits per heavy atom. The average molecular weight is 241 g/mol. The van der Waals surface area contributed by atoms with Gasteiger partial charge in [-0.25, -0.2) is 4.98 Å². The van der Waals surface area contributed by atoms with Crippen LogP contribution in [0.3, 0.4) is 0 Å². The lowest BCUT2D eigenvalue weighted by atomic mass is 10.2. The third-order valence-corrected chi connectivity index (χ3v) is 2.55. The molecule has 0 saturated carbocycles. The first kappa shape index (κ1) is 12.3. The largest absolute Gasteiger partial charge is 0.311 e. The van der Waals surface area contributed by atoms with Crippen molar-refractivity contribution in [1.29, 1.82) is 5.26 Å². The summed E-state index contributed by atoms with van der Waals surface area (Å²) in [5.74, 6) is 0. The molecular weight excluding hydrogens is 226 g/mol. The number of nitrogens with one attached hydrogen (secondary N) is 1. The molecule has 0 unspecified atom stereocenters. The van der Waals surface area contributed by atoms with Crippen LogP contribution in [0.2, 0.25) is 0 Å². The normalized spacial score (nSPS) is 10.2. The van der Waals surface area contributed by atoms with Crippen molar-refractivity contribution in [3.05, 3.63) is 47.5 Å². The summed E-state index contributed by atoms with van der Waals surface area (Å²) in [6.45, 7) is 4.43. The molecule has 0 bridgehead atoms. The summed E-state index contributed by atoms with van der Waals surface area (Å²) in [6.07, 6.45) is 5.52. The van der Waals surface area contributed by atoms with Crippen molar-refractivity contribution in [2.45, 2.75) is 20.0 Å². The van der Waals surface area contributed by atoms with Crippen molar-refractivity contribution in [1.82, 2.24) is 20.1 Å². The fourth-order valence-electron chi connectivity index (χ4n) is 1.66. The van der Waals surface area contributed by atoms with E-state index in [0.29, 0.717) is 5.69 Å². The van der Waals surface area contributed by atoms with Crippen LogP contribution in [0.5, 0.6) is 0 Å². The van der Waals surface area contributed by atoms with Gasteiger partial charge in [0.2, 0.25) is 0 Å². The van der Waals surface area contributed by atoms with E-state index in [1.165, 1.54) is 5.56 Å². The van der Waals surface area contributed by atoms with Gasteiger partial charge in [-0.05, 0) is 30.2 Å². The Morgan fingerprint density at radius 1 is 1.50 bits per heavy atom. The molecule has 0 saturated heterocycles. The Hall–Kier alpha value is -2.19. The zero-order valence-corrected chi connectivity index (χ0v) is 10.3. The predicted molar refractivity (Wildman–Crippen MR) is 67.6 cm³/mol. The van der Waals surface area contributed by atoms with Crippen LogP contribution in [0, 0.1) is 18.3 Å². The maximum absolute atomic E-state index is 8.74. The number of nitriles is 1. The van der Waals surface area contributed by atoms with E-state index in [9.17, 15) is 0 Å². The van der Waals surface area contributed by atoms with E-state index < -0.39 is 0 Å². The molecule has 0 atom stereocenters. The minimum atomic E-state index is 0.456. The highest BCUT2D eigenvalue weighted by atomic mass is 15.3. The fraction of sp³-hybridized carbons (Fsp3) is 0.308. The van der Waals surface area contributed by atoms with Crippen LogP contribution in [0.1, 0.15) is 16.8 Å². The van der Waals surface area contributed by atoms with Crippen LogP contribution in [0.25, 0.3) is 0 Å². The van der Waals surface area contributed by atoms with E-state index in [-0.39, 0.29) is 0 Å². The number of rotatable bonds is 5. The lowest BCUT2D eigenvalue weighted by molar-refractivity contribution is 0.554. The van der Waals surface area contributed by atoms with Gasteiger partial charge in [0.25, 0.3) is 0 Å². The second-order valence-electron chi connectivity index (χ2n) is 4.12. The molecule has 0 aliphatic heterocycles.